The second-order valence-electron chi connectivity index (χ2n) is 4.37. The summed E-state index contributed by atoms with van der Waals surface area (Å²) >= 11 is 7.82. The van der Waals surface area contributed by atoms with Gasteiger partial charge in [0, 0.05) is 16.0 Å². The van der Waals surface area contributed by atoms with Gasteiger partial charge in [-0.05, 0) is 42.8 Å². The quantitative estimate of drug-likeness (QED) is 0.830. The Morgan fingerprint density at radius 1 is 1.11 bits per heavy atom. The van der Waals surface area contributed by atoms with Crippen molar-refractivity contribution < 1.29 is 4.39 Å². The Morgan fingerprint density at radius 3 is 2.32 bits per heavy atom. The fourth-order valence-corrected chi connectivity index (χ4v) is 3.27. The molecule has 2 aromatic rings. The molecule has 0 radical (unpaired) electrons. The average molecular weight is 296 g/mol. The number of hydrogen-bond acceptors (Lipinski definition) is 2. The van der Waals surface area contributed by atoms with Gasteiger partial charge in [0.25, 0.3) is 0 Å². The predicted octanol–water partition coefficient (Wildman–Crippen LogP) is 4.66. The Kier molecular flexibility index (Phi) is 4.86. The minimum atomic E-state index is -0.237. The van der Waals surface area contributed by atoms with E-state index in [1.54, 1.807) is 23.9 Å². The van der Waals surface area contributed by atoms with E-state index in [-0.39, 0.29) is 17.1 Å². The van der Waals surface area contributed by atoms with Crippen LogP contribution in [0.15, 0.2) is 53.4 Å². The molecule has 0 aliphatic rings. The van der Waals surface area contributed by atoms with Crippen LogP contribution >= 0.6 is 23.4 Å². The summed E-state index contributed by atoms with van der Waals surface area (Å²) in [6.45, 7) is 1.95. The summed E-state index contributed by atoms with van der Waals surface area (Å²) in [5.41, 5.74) is 7.07. The van der Waals surface area contributed by atoms with Crippen molar-refractivity contribution in [1.82, 2.24) is 0 Å². The van der Waals surface area contributed by atoms with Crippen LogP contribution in [0.2, 0.25) is 5.02 Å². The summed E-state index contributed by atoms with van der Waals surface area (Å²) in [6.07, 6.45) is 0. The topological polar surface area (TPSA) is 26.0 Å². The third-order valence-corrected chi connectivity index (χ3v) is 4.59. The lowest BCUT2D eigenvalue weighted by Crippen LogP contribution is -2.22. The highest BCUT2D eigenvalue weighted by Crippen LogP contribution is 2.39. The van der Waals surface area contributed by atoms with Gasteiger partial charge in [0.05, 0.1) is 5.25 Å². The maximum Gasteiger partial charge on any atom is 0.123 e. The summed E-state index contributed by atoms with van der Waals surface area (Å²) in [5.74, 6) is -0.237. The molecule has 0 aliphatic carbocycles. The molecule has 2 rings (SSSR count). The van der Waals surface area contributed by atoms with Crippen molar-refractivity contribution in [3.63, 3.8) is 0 Å². The summed E-state index contributed by atoms with van der Waals surface area (Å²) in [7, 11) is 0. The third kappa shape index (κ3) is 3.72. The highest BCUT2D eigenvalue weighted by atomic mass is 35.5. The van der Waals surface area contributed by atoms with Crippen LogP contribution in [0.1, 0.15) is 17.7 Å². The van der Waals surface area contributed by atoms with Gasteiger partial charge in [-0.15, -0.1) is 11.8 Å². The van der Waals surface area contributed by atoms with Gasteiger partial charge in [-0.3, -0.25) is 0 Å². The van der Waals surface area contributed by atoms with Crippen molar-refractivity contribution in [1.29, 1.82) is 0 Å². The second-order valence-corrected chi connectivity index (χ2v) is 6.00. The van der Waals surface area contributed by atoms with Gasteiger partial charge in [0.2, 0.25) is 0 Å². The number of thioether (sulfide) groups is 1. The van der Waals surface area contributed by atoms with Gasteiger partial charge >= 0.3 is 0 Å². The Hall–Kier alpha value is -1.03. The fraction of sp³-hybridized carbons (Fsp3) is 0.200. The first-order valence-electron chi connectivity index (χ1n) is 6.00. The molecule has 2 aromatic carbocycles. The molecular formula is C15H15ClFNS. The molecule has 2 N–H and O–H groups in total. The van der Waals surface area contributed by atoms with Crippen LogP contribution in [-0.4, -0.2) is 6.04 Å². The van der Waals surface area contributed by atoms with Gasteiger partial charge in [0.1, 0.15) is 5.82 Å². The molecule has 19 heavy (non-hydrogen) atoms. The van der Waals surface area contributed by atoms with E-state index in [0.29, 0.717) is 5.02 Å². The number of halogens is 2. The first kappa shape index (κ1) is 14.4. The van der Waals surface area contributed by atoms with E-state index < -0.39 is 0 Å². The van der Waals surface area contributed by atoms with Crippen LogP contribution in [0.4, 0.5) is 4.39 Å². The average Bonchev–Trinajstić information content (AvgIpc) is 2.39. The minimum Gasteiger partial charge on any atom is -0.327 e. The largest absolute Gasteiger partial charge is 0.327 e. The molecular weight excluding hydrogens is 281 g/mol. The second kappa shape index (κ2) is 6.42. The number of hydrogen-bond donors (Lipinski definition) is 1. The van der Waals surface area contributed by atoms with Gasteiger partial charge in [-0.1, -0.05) is 29.8 Å². The Bertz CT molecular complexity index is 542. The Morgan fingerprint density at radius 2 is 1.74 bits per heavy atom. The maximum absolute atomic E-state index is 12.9. The molecule has 0 bridgehead atoms. The fourth-order valence-electron chi connectivity index (χ4n) is 1.82. The van der Waals surface area contributed by atoms with Gasteiger partial charge in [-0.25, -0.2) is 4.39 Å². The monoisotopic (exact) mass is 295 g/mol. The van der Waals surface area contributed by atoms with Gasteiger partial charge < -0.3 is 5.73 Å². The molecule has 2 atom stereocenters. The molecule has 4 heteroatoms. The van der Waals surface area contributed by atoms with E-state index in [1.165, 1.54) is 12.1 Å². The predicted molar refractivity (Wildman–Crippen MR) is 80.1 cm³/mol. The first-order chi connectivity index (χ1) is 9.08. The molecule has 0 saturated heterocycles. The normalized spacial score (nSPS) is 14.1. The van der Waals surface area contributed by atoms with Crippen molar-refractivity contribution in [2.45, 2.75) is 23.1 Å². The standard InChI is InChI=1S/C15H15ClFNS/c1-10(18)15(13-4-2-3-5-14(13)16)19-12-8-6-11(17)7-9-12/h2-10,15H,18H2,1H3. The lowest BCUT2D eigenvalue weighted by molar-refractivity contribution is 0.626. The van der Waals surface area contributed by atoms with Crippen molar-refractivity contribution in [3.05, 3.63) is 64.9 Å². The van der Waals surface area contributed by atoms with E-state index in [4.69, 9.17) is 17.3 Å². The zero-order valence-corrected chi connectivity index (χ0v) is 12.1. The zero-order chi connectivity index (χ0) is 13.8. The molecule has 0 amide bonds. The molecule has 100 valence electrons. The van der Waals surface area contributed by atoms with Crippen molar-refractivity contribution >= 4 is 23.4 Å². The van der Waals surface area contributed by atoms with Crippen LogP contribution in [0, 0.1) is 5.82 Å². The smallest absolute Gasteiger partial charge is 0.123 e. The SMILES string of the molecule is CC(N)C(Sc1ccc(F)cc1)c1ccccc1Cl. The third-order valence-electron chi connectivity index (χ3n) is 2.77. The number of rotatable bonds is 4. The summed E-state index contributed by atoms with van der Waals surface area (Å²) in [4.78, 5) is 0.976. The van der Waals surface area contributed by atoms with E-state index in [1.807, 2.05) is 31.2 Å². The molecule has 0 spiro atoms. The molecule has 0 saturated carbocycles. The summed E-state index contributed by atoms with van der Waals surface area (Å²) in [5, 5.41) is 0.749. The molecule has 0 fully saturated rings. The van der Waals surface area contributed by atoms with Crippen molar-refractivity contribution in [3.8, 4) is 0 Å². The Labute approximate surface area is 122 Å². The number of benzene rings is 2. The van der Waals surface area contributed by atoms with Gasteiger partial charge in [0.15, 0.2) is 0 Å². The van der Waals surface area contributed by atoms with Crippen molar-refractivity contribution in [2.24, 2.45) is 5.73 Å². The van der Waals surface area contributed by atoms with E-state index in [2.05, 4.69) is 0 Å². The lowest BCUT2D eigenvalue weighted by Gasteiger charge is -2.22. The van der Waals surface area contributed by atoms with E-state index >= 15 is 0 Å². The molecule has 0 heterocycles. The zero-order valence-electron chi connectivity index (χ0n) is 10.5. The summed E-state index contributed by atoms with van der Waals surface area (Å²) < 4.78 is 12.9. The first-order valence-corrected chi connectivity index (χ1v) is 7.26. The van der Waals surface area contributed by atoms with Crippen LogP contribution in [0.5, 0.6) is 0 Å². The van der Waals surface area contributed by atoms with E-state index in [0.717, 1.165) is 10.5 Å². The molecule has 2 unspecified atom stereocenters. The van der Waals surface area contributed by atoms with Crippen LogP contribution < -0.4 is 5.73 Å². The maximum atomic E-state index is 12.9. The van der Waals surface area contributed by atoms with Crippen LogP contribution in [-0.2, 0) is 0 Å². The summed E-state index contributed by atoms with van der Waals surface area (Å²) in [6, 6.07) is 14.0. The minimum absolute atomic E-state index is 0.0409. The highest BCUT2D eigenvalue weighted by molar-refractivity contribution is 7.99. The van der Waals surface area contributed by atoms with Gasteiger partial charge in [-0.2, -0.15) is 0 Å². The number of nitrogens with two attached hydrogens (primary N) is 1. The molecule has 1 nitrogen and oxygen atoms in total. The Balaban J connectivity index is 2.27. The highest BCUT2D eigenvalue weighted by Gasteiger charge is 2.20. The molecule has 0 aromatic heterocycles. The van der Waals surface area contributed by atoms with E-state index in [9.17, 15) is 4.39 Å². The van der Waals surface area contributed by atoms with Crippen LogP contribution in [0.3, 0.4) is 0 Å². The van der Waals surface area contributed by atoms with Crippen molar-refractivity contribution in [2.75, 3.05) is 0 Å². The van der Waals surface area contributed by atoms with Crippen LogP contribution in [0.25, 0.3) is 0 Å². The molecule has 0 aliphatic heterocycles. The lowest BCUT2D eigenvalue weighted by atomic mass is 10.1.